The van der Waals surface area contributed by atoms with Crippen molar-refractivity contribution in [2.75, 3.05) is 23.9 Å². The molecular formula is C24H26N2O5. The van der Waals surface area contributed by atoms with Gasteiger partial charge in [-0.25, -0.2) is 0 Å². The first-order chi connectivity index (χ1) is 15.0. The van der Waals surface area contributed by atoms with E-state index in [-0.39, 0.29) is 18.9 Å². The second kappa shape index (κ2) is 8.79. The Morgan fingerprint density at radius 3 is 2.71 bits per heavy atom. The smallest absolute Gasteiger partial charge is 0.312 e. The molecule has 162 valence electrons. The number of nitrogens with zero attached hydrogens (tertiary/aromatic N) is 1. The number of fused-ring (bicyclic) bond motifs is 1. The normalized spacial score (nSPS) is 18.5. The number of carbonyl (C=O) groups excluding carboxylic acids is 3. The molecule has 0 unspecified atom stereocenters. The molecule has 4 rings (SSSR count). The molecule has 0 spiro atoms. The second-order valence-corrected chi connectivity index (χ2v) is 7.98. The monoisotopic (exact) mass is 422 g/mol. The van der Waals surface area contributed by atoms with Crippen LogP contribution in [0.25, 0.3) is 0 Å². The Labute approximate surface area is 181 Å². The van der Waals surface area contributed by atoms with E-state index in [2.05, 4.69) is 5.32 Å². The number of carbonyl (C=O) groups is 3. The standard InChI is InChI=1S/C24H26N2O5/c1-15(23(28)25-19-11-10-16-6-5-7-17(16)12-19)31-24(29)18-13-22(27)26(14-18)20-8-3-4-9-21(20)30-2/h3-4,8-12,15,18H,5-7,13-14H2,1-2H3,(H,25,28)/t15-,18-/m1/s1. The average Bonchev–Trinajstić information content (AvgIpc) is 3.39. The highest BCUT2D eigenvalue weighted by Crippen LogP contribution is 2.33. The van der Waals surface area contributed by atoms with Crippen molar-refractivity contribution in [1.29, 1.82) is 0 Å². The van der Waals surface area contributed by atoms with E-state index in [1.165, 1.54) is 30.1 Å². The van der Waals surface area contributed by atoms with Crippen LogP contribution in [0.5, 0.6) is 5.75 Å². The third-order valence-corrected chi connectivity index (χ3v) is 5.86. The summed E-state index contributed by atoms with van der Waals surface area (Å²) < 4.78 is 10.7. The molecule has 1 aliphatic carbocycles. The van der Waals surface area contributed by atoms with Gasteiger partial charge in [-0.15, -0.1) is 0 Å². The molecule has 2 atom stereocenters. The van der Waals surface area contributed by atoms with Crippen LogP contribution in [0.2, 0.25) is 0 Å². The van der Waals surface area contributed by atoms with Gasteiger partial charge in [0.15, 0.2) is 6.10 Å². The second-order valence-electron chi connectivity index (χ2n) is 7.98. The van der Waals surface area contributed by atoms with Gasteiger partial charge in [0.1, 0.15) is 5.75 Å². The number of para-hydroxylation sites is 2. The van der Waals surface area contributed by atoms with Crippen LogP contribution in [0.3, 0.4) is 0 Å². The van der Waals surface area contributed by atoms with Gasteiger partial charge >= 0.3 is 5.97 Å². The fraction of sp³-hybridized carbons (Fsp3) is 0.375. The van der Waals surface area contributed by atoms with Gasteiger partial charge in [-0.05, 0) is 61.6 Å². The van der Waals surface area contributed by atoms with Crippen LogP contribution in [0.1, 0.15) is 30.9 Å². The summed E-state index contributed by atoms with van der Waals surface area (Å²) in [6.07, 6.45) is 2.30. The molecule has 1 heterocycles. The number of hydrogen-bond acceptors (Lipinski definition) is 5. The topological polar surface area (TPSA) is 84.9 Å². The number of aryl methyl sites for hydroxylation is 2. The highest BCUT2D eigenvalue weighted by molar-refractivity contribution is 6.01. The Kier molecular flexibility index (Phi) is 5.93. The SMILES string of the molecule is COc1ccccc1N1C[C@H](C(=O)O[C@H](C)C(=O)Nc2ccc3c(c2)CCC3)CC1=O. The quantitative estimate of drug-likeness (QED) is 0.723. The molecule has 2 aromatic rings. The summed E-state index contributed by atoms with van der Waals surface area (Å²) in [5.74, 6) is -1.19. The van der Waals surface area contributed by atoms with Crippen molar-refractivity contribution in [1.82, 2.24) is 0 Å². The van der Waals surface area contributed by atoms with Crippen molar-refractivity contribution >= 4 is 29.2 Å². The molecule has 2 aliphatic rings. The molecule has 31 heavy (non-hydrogen) atoms. The van der Waals surface area contributed by atoms with Crippen molar-refractivity contribution in [3.05, 3.63) is 53.6 Å². The van der Waals surface area contributed by atoms with Gasteiger partial charge in [0.05, 0.1) is 18.7 Å². The Morgan fingerprint density at radius 1 is 1.13 bits per heavy atom. The van der Waals surface area contributed by atoms with Gasteiger partial charge in [0.25, 0.3) is 5.91 Å². The van der Waals surface area contributed by atoms with Gasteiger partial charge in [-0.1, -0.05) is 18.2 Å². The first-order valence-corrected chi connectivity index (χ1v) is 10.5. The van der Waals surface area contributed by atoms with E-state index in [1.807, 2.05) is 30.3 Å². The lowest BCUT2D eigenvalue weighted by molar-refractivity contribution is -0.157. The fourth-order valence-corrected chi connectivity index (χ4v) is 4.17. The third kappa shape index (κ3) is 4.40. The Morgan fingerprint density at radius 2 is 1.90 bits per heavy atom. The predicted molar refractivity (Wildman–Crippen MR) is 116 cm³/mol. The Hall–Kier alpha value is -3.35. The third-order valence-electron chi connectivity index (χ3n) is 5.86. The van der Waals surface area contributed by atoms with E-state index in [0.717, 1.165) is 19.3 Å². The highest BCUT2D eigenvalue weighted by Gasteiger charge is 2.38. The average molecular weight is 422 g/mol. The number of anilines is 2. The van der Waals surface area contributed by atoms with E-state index in [4.69, 9.17) is 9.47 Å². The minimum atomic E-state index is -0.962. The fourth-order valence-electron chi connectivity index (χ4n) is 4.17. The molecule has 1 N–H and O–H groups in total. The summed E-state index contributed by atoms with van der Waals surface area (Å²) in [6, 6.07) is 13.0. The summed E-state index contributed by atoms with van der Waals surface area (Å²) in [5, 5.41) is 2.82. The lowest BCUT2D eigenvalue weighted by Gasteiger charge is -2.20. The number of hydrogen-bond donors (Lipinski definition) is 1. The van der Waals surface area contributed by atoms with Gasteiger partial charge in [-0.3, -0.25) is 14.4 Å². The molecular weight excluding hydrogens is 396 g/mol. The van der Waals surface area contributed by atoms with Crippen LogP contribution in [0.4, 0.5) is 11.4 Å². The molecule has 0 saturated carbocycles. The number of methoxy groups -OCH3 is 1. The molecule has 7 nitrogen and oxygen atoms in total. The van der Waals surface area contributed by atoms with E-state index < -0.39 is 23.9 Å². The number of nitrogens with one attached hydrogen (secondary N) is 1. The number of ether oxygens (including phenoxy) is 2. The van der Waals surface area contributed by atoms with Crippen LogP contribution >= 0.6 is 0 Å². The molecule has 0 radical (unpaired) electrons. The van der Waals surface area contributed by atoms with Crippen molar-refractivity contribution in [2.45, 2.75) is 38.7 Å². The first-order valence-electron chi connectivity index (χ1n) is 10.5. The van der Waals surface area contributed by atoms with Crippen molar-refractivity contribution in [2.24, 2.45) is 5.92 Å². The maximum absolute atomic E-state index is 12.6. The van der Waals surface area contributed by atoms with Gasteiger partial charge in [0, 0.05) is 18.7 Å². The van der Waals surface area contributed by atoms with Crippen LogP contribution in [-0.2, 0) is 32.0 Å². The van der Waals surface area contributed by atoms with Crippen molar-refractivity contribution in [3.8, 4) is 5.75 Å². The van der Waals surface area contributed by atoms with Crippen LogP contribution < -0.4 is 15.0 Å². The zero-order valence-corrected chi connectivity index (χ0v) is 17.7. The Balaban J connectivity index is 1.35. The molecule has 0 aromatic heterocycles. The zero-order chi connectivity index (χ0) is 22.0. The first kappa shape index (κ1) is 20.9. The van der Waals surface area contributed by atoms with Gasteiger partial charge in [-0.2, -0.15) is 0 Å². The summed E-state index contributed by atoms with van der Waals surface area (Å²) in [5.41, 5.74) is 3.89. The highest BCUT2D eigenvalue weighted by atomic mass is 16.5. The summed E-state index contributed by atoms with van der Waals surface area (Å²) >= 11 is 0. The maximum Gasteiger partial charge on any atom is 0.312 e. The van der Waals surface area contributed by atoms with E-state index >= 15 is 0 Å². The molecule has 2 aromatic carbocycles. The van der Waals surface area contributed by atoms with Crippen molar-refractivity contribution in [3.63, 3.8) is 0 Å². The molecule has 7 heteroatoms. The molecule has 2 amide bonds. The van der Waals surface area contributed by atoms with E-state index in [0.29, 0.717) is 17.1 Å². The molecule has 1 aliphatic heterocycles. The predicted octanol–water partition coefficient (Wildman–Crippen LogP) is 3.11. The van der Waals surface area contributed by atoms with E-state index in [9.17, 15) is 14.4 Å². The number of rotatable bonds is 6. The minimum absolute atomic E-state index is 0.0377. The maximum atomic E-state index is 12.6. The lowest BCUT2D eigenvalue weighted by Crippen LogP contribution is -2.33. The van der Waals surface area contributed by atoms with Crippen molar-refractivity contribution < 1.29 is 23.9 Å². The molecule has 1 fully saturated rings. The summed E-state index contributed by atoms with van der Waals surface area (Å²) in [7, 11) is 1.53. The number of esters is 1. The molecule has 1 saturated heterocycles. The number of amides is 2. The summed E-state index contributed by atoms with van der Waals surface area (Å²) in [6.45, 7) is 1.73. The lowest BCUT2D eigenvalue weighted by atomic mass is 10.1. The van der Waals surface area contributed by atoms with Gasteiger partial charge < -0.3 is 19.7 Å². The number of benzene rings is 2. The van der Waals surface area contributed by atoms with Crippen LogP contribution in [0, 0.1) is 5.92 Å². The van der Waals surface area contributed by atoms with Gasteiger partial charge in [0.2, 0.25) is 5.91 Å². The Bertz CT molecular complexity index is 1020. The van der Waals surface area contributed by atoms with Crippen LogP contribution in [0.15, 0.2) is 42.5 Å². The molecule has 0 bridgehead atoms. The zero-order valence-electron chi connectivity index (χ0n) is 17.7. The largest absolute Gasteiger partial charge is 0.495 e. The minimum Gasteiger partial charge on any atom is -0.495 e. The van der Waals surface area contributed by atoms with E-state index in [1.54, 1.807) is 12.1 Å². The van der Waals surface area contributed by atoms with Crippen LogP contribution in [-0.4, -0.2) is 37.5 Å². The summed E-state index contributed by atoms with van der Waals surface area (Å²) in [4.78, 5) is 39.2.